The van der Waals surface area contributed by atoms with Gasteiger partial charge in [0.05, 0.1) is 12.2 Å². The van der Waals surface area contributed by atoms with Gasteiger partial charge < -0.3 is 15.5 Å². The summed E-state index contributed by atoms with van der Waals surface area (Å²) >= 11 is 0. The van der Waals surface area contributed by atoms with Crippen LogP contribution in [-0.2, 0) is 6.54 Å². The second-order valence-electron chi connectivity index (χ2n) is 5.70. The summed E-state index contributed by atoms with van der Waals surface area (Å²) in [6.45, 7) is 0.693. The van der Waals surface area contributed by atoms with Crippen LogP contribution in [0.3, 0.4) is 0 Å². The minimum absolute atomic E-state index is 0.123. The zero-order valence-electron chi connectivity index (χ0n) is 11.9. The van der Waals surface area contributed by atoms with Crippen LogP contribution in [0.15, 0.2) is 60.7 Å². The molecule has 1 aliphatic carbocycles. The highest BCUT2D eigenvalue weighted by Crippen LogP contribution is 2.35. The molecule has 0 radical (unpaired) electrons. The fourth-order valence-corrected chi connectivity index (χ4v) is 3.16. The first kappa shape index (κ1) is 14.3. The van der Waals surface area contributed by atoms with Crippen molar-refractivity contribution in [1.82, 2.24) is 5.32 Å². The van der Waals surface area contributed by atoms with Crippen molar-refractivity contribution in [3.05, 3.63) is 71.8 Å². The summed E-state index contributed by atoms with van der Waals surface area (Å²) in [5.41, 5.74) is 2.34. The fourth-order valence-electron chi connectivity index (χ4n) is 3.16. The van der Waals surface area contributed by atoms with Crippen LogP contribution in [0.2, 0.25) is 0 Å². The van der Waals surface area contributed by atoms with Crippen LogP contribution in [0, 0.1) is 0 Å². The summed E-state index contributed by atoms with van der Waals surface area (Å²) in [7, 11) is 0. The molecular weight excluding hydrogens is 262 g/mol. The lowest BCUT2D eigenvalue weighted by Gasteiger charge is -2.24. The molecule has 1 fully saturated rings. The molecule has 0 spiro atoms. The van der Waals surface area contributed by atoms with Gasteiger partial charge in [-0.2, -0.15) is 0 Å². The number of nitrogens with one attached hydrogen (secondary N) is 1. The van der Waals surface area contributed by atoms with Crippen molar-refractivity contribution in [2.45, 2.75) is 37.1 Å². The van der Waals surface area contributed by atoms with E-state index in [4.69, 9.17) is 0 Å². The predicted molar refractivity (Wildman–Crippen MR) is 82.9 cm³/mol. The molecule has 0 unspecified atom stereocenters. The van der Waals surface area contributed by atoms with Crippen LogP contribution < -0.4 is 5.32 Å². The van der Waals surface area contributed by atoms with E-state index in [1.165, 1.54) is 11.1 Å². The van der Waals surface area contributed by atoms with E-state index < -0.39 is 12.2 Å². The second-order valence-corrected chi connectivity index (χ2v) is 5.70. The molecular formula is C18H21NO2. The van der Waals surface area contributed by atoms with E-state index in [9.17, 15) is 10.2 Å². The number of hydrogen-bond acceptors (Lipinski definition) is 3. The van der Waals surface area contributed by atoms with E-state index in [2.05, 4.69) is 29.6 Å². The molecule has 0 aliphatic heterocycles. The van der Waals surface area contributed by atoms with E-state index in [0.717, 1.165) is 0 Å². The Morgan fingerprint density at radius 1 is 0.905 bits per heavy atom. The molecule has 2 aromatic rings. The Kier molecular flexibility index (Phi) is 4.34. The van der Waals surface area contributed by atoms with Crippen molar-refractivity contribution in [2.75, 3.05) is 0 Å². The lowest BCUT2D eigenvalue weighted by molar-refractivity contribution is 0.0297. The molecule has 3 N–H and O–H groups in total. The van der Waals surface area contributed by atoms with E-state index in [0.29, 0.717) is 13.0 Å². The fraction of sp³-hybridized carbons (Fsp3) is 0.333. The quantitative estimate of drug-likeness (QED) is 0.805. The summed E-state index contributed by atoms with van der Waals surface area (Å²) in [5, 5.41) is 23.7. The maximum absolute atomic E-state index is 10.3. The van der Waals surface area contributed by atoms with Gasteiger partial charge in [0.2, 0.25) is 0 Å². The number of aliphatic hydroxyl groups is 2. The first-order chi connectivity index (χ1) is 10.3. The highest BCUT2D eigenvalue weighted by Gasteiger charge is 2.41. The number of benzene rings is 2. The van der Waals surface area contributed by atoms with Crippen molar-refractivity contribution < 1.29 is 10.2 Å². The average Bonchev–Trinajstić information content (AvgIpc) is 2.82. The van der Waals surface area contributed by atoms with Gasteiger partial charge in [-0.3, -0.25) is 0 Å². The lowest BCUT2D eigenvalue weighted by atomic mass is 9.93. The van der Waals surface area contributed by atoms with Crippen LogP contribution in [0.4, 0.5) is 0 Å². The van der Waals surface area contributed by atoms with E-state index >= 15 is 0 Å². The van der Waals surface area contributed by atoms with Gasteiger partial charge in [-0.25, -0.2) is 0 Å². The van der Waals surface area contributed by atoms with Crippen LogP contribution in [-0.4, -0.2) is 28.5 Å². The Morgan fingerprint density at radius 2 is 1.52 bits per heavy atom. The summed E-state index contributed by atoms with van der Waals surface area (Å²) in [4.78, 5) is 0. The molecule has 3 heteroatoms. The van der Waals surface area contributed by atoms with Gasteiger partial charge in [0.1, 0.15) is 0 Å². The summed E-state index contributed by atoms with van der Waals surface area (Å²) in [6, 6.07) is 20.1. The standard InChI is InChI=1S/C18H21NO2/c20-16-11-15(14-9-5-2-6-10-14)17(18(16)21)19-12-13-7-3-1-4-8-13/h1-10,15-21H,11-12H2/t15-,16-,17-,18-/m1/s1. The predicted octanol–water partition coefficient (Wildman–Crippen LogP) is 2.05. The number of rotatable bonds is 4. The molecule has 1 aliphatic rings. The van der Waals surface area contributed by atoms with Crippen molar-refractivity contribution in [3.8, 4) is 0 Å². The van der Waals surface area contributed by atoms with Gasteiger partial charge in [-0.1, -0.05) is 60.7 Å². The minimum atomic E-state index is -0.723. The Hall–Kier alpha value is -1.68. The van der Waals surface area contributed by atoms with Crippen molar-refractivity contribution >= 4 is 0 Å². The van der Waals surface area contributed by atoms with Crippen molar-refractivity contribution in [1.29, 1.82) is 0 Å². The summed E-state index contributed by atoms with van der Waals surface area (Å²) in [6.07, 6.45) is -0.792. The molecule has 0 amide bonds. The first-order valence-corrected chi connectivity index (χ1v) is 7.44. The van der Waals surface area contributed by atoms with Gasteiger partial charge in [0.15, 0.2) is 0 Å². The van der Waals surface area contributed by atoms with Crippen molar-refractivity contribution in [2.24, 2.45) is 0 Å². The molecule has 0 saturated heterocycles. The third kappa shape index (κ3) is 3.16. The third-order valence-corrected chi connectivity index (χ3v) is 4.30. The first-order valence-electron chi connectivity index (χ1n) is 7.44. The smallest absolute Gasteiger partial charge is 0.0957 e. The minimum Gasteiger partial charge on any atom is -0.390 e. The van der Waals surface area contributed by atoms with E-state index in [-0.39, 0.29) is 12.0 Å². The topological polar surface area (TPSA) is 52.5 Å². The maximum atomic E-state index is 10.3. The monoisotopic (exact) mass is 283 g/mol. The molecule has 0 bridgehead atoms. The van der Waals surface area contributed by atoms with Gasteiger partial charge in [-0.05, 0) is 17.5 Å². The largest absolute Gasteiger partial charge is 0.390 e. The Morgan fingerprint density at radius 3 is 2.19 bits per heavy atom. The SMILES string of the molecule is O[C@H]1[C@H](NCc2ccccc2)[C@@H](c2ccccc2)C[C@H]1O. The van der Waals surface area contributed by atoms with Crippen molar-refractivity contribution in [3.63, 3.8) is 0 Å². The van der Waals surface area contributed by atoms with Gasteiger partial charge >= 0.3 is 0 Å². The highest BCUT2D eigenvalue weighted by atomic mass is 16.3. The van der Waals surface area contributed by atoms with E-state index in [1.807, 2.05) is 36.4 Å². The zero-order chi connectivity index (χ0) is 14.7. The maximum Gasteiger partial charge on any atom is 0.0957 e. The summed E-state index contributed by atoms with van der Waals surface area (Å²) < 4.78 is 0. The molecule has 1 saturated carbocycles. The van der Waals surface area contributed by atoms with Crippen LogP contribution in [0.25, 0.3) is 0 Å². The lowest BCUT2D eigenvalue weighted by Crippen LogP contribution is -2.41. The average molecular weight is 283 g/mol. The molecule has 2 aromatic carbocycles. The number of hydrogen-bond donors (Lipinski definition) is 3. The summed E-state index contributed by atoms with van der Waals surface area (Å²) in [5.74, 6) is 0.139. The van der Waals surface area contributed by atoms with Gasteiger partial charge in [0.25, 0.3) is 0 Å². The van der Waals surface area contributed by atoms with Crippen LogP contribution >= 0.6 is 0 Å². The van der Waals surface area contributed by atoms with Crippen LogP contribution in [0.1, 0.15) is 23.5 Å². The Labute approximate surface area is 125 Å². The Bertz CT molecular complexity index is 558. The second kappa shape index (κ2) is 6.39. The van der Waals surface area contributed by atoms with Crippen LogP contribution in [0.5, 0.6) is 0 Å². The van der Waals surface area contributed by atoms with Gasteiger partial charge in [-0.15, -0.1) is 0 Å². The Balaban J connectivity index is 1.74. The third-order valence-electron chi connectivity index (χ3n) is 4.30. The normalized spacial score (nSPS) is 28.7. The highest BCUT2D eigenvalue weighted by molar-refractivity contribution is 5.25. The molecule has 110 valence electrons. The zero-order valence-corrected chi connectivity index (χ0v) is 11.9. The molecule has 3 rings (SSSR count). The molecule has 3 nitrogen and oxygen atoms in total. The molecule has 0 aromatic heterocycles. The van der Waals surface area contributed by atoms with E-state index in [1.54, 1.807) is 0 Å². The molecule has 21 heavy (non-hydrogen) atoms. The van der Waals surface area contributed by atoms with Gasteiger partial charge in [0, 0.05) is 18.5 Å². The number of aliphatic hydroxyl groups excluding tert-OH is 2. The molecule has 0 heterocycles. The molecule has 4 atom stereocenters.